The molecular weight excluding hydrogens is 282 g/mol. The number of carbonyl (C=O) groups is 3. The van der Waals surface area contributed by atoms with E-state index in [2.05, 4.69) is 10.6 Å². The third kappa shape index (κ3) is 4.87. The normalized spacial score (nSPS) is 11.5. The van der Waals surface area contributed by atoms with Crippen LogP contribution in [0.25, 0.3) is 0 Å². The Bertz CT molecular complexity index is 584. The highest BCUT2D eigenvalue weighted by Crippen LogP contribution is 2.17. The summed E-state index contributed by atoms with van der Waals surface area (Å²) in [4.78, 5) is 36.3. The maximum absolute atomic E-state index is 12.0. The number of likely N-dealkylation sites (N-methyl/N-ethyl adjacent to an activating group) is 1. The zero-order valence-corrected chi connectivity index (χ0v) is 13.7. The predicted octanol–water partition coefficient (Wildman–Crippen LogP) is 1.22. The van der Waals surface area contributed by atoms with Crippen LogP contribution in [0.2, 0.25) is 0 Å². The van der Waals surface area contributed by atoms with Crippen molar-refractivity contribution in [3.05, 3.63) is 29.3 Å². The van der Waals surface area contributed by atoms with Crippen molar-refractivity contribution in [2.75, 3.05) is 18.9 Å². The molecule has 0 bridgehead atoms. The Balaban J connectivity index is 2.62. The van der Waals surface area contributed by atoms with E-state index in [4.69, 9.17) is 0 Å². The molecule has 1 rings (SSSR count). The Morgan fingerprint density at radius 3 is 2.45 bits per heavy atom. The maximum Gasteiger partial charge on any atom is 0.245 e. The van der Waals surface area contributed by atoms with E-state index in [1.807, 2.05) is 32.0 Å². The number of carbonyl (C=O) groups excluding carboxylic acids is 3. The van der Waals surface area contributed by atoms with Crippen LogP contribution in [0.5, 0.6) is 0 Å². The first-order valence-electron chi connectivity index (χ1n) is 7.10. The molecule has 0 aromatic heterocycles. The fraction of sp³-hybridized carbons (Fsp3) is 0.438. The van der Waals surface area contributed by atoms with Crippen LogP contribution in [0.3, 0.4) is 0 Å². The van der Waals surface area contributed by atoms with Crippen molar-refractivity contribution in [1.29, 1.82) is 0 Å². The first-order chi connectivity index (χ1) is 10.2. The standard InChI is InChI=1S/C16H23N3O3/c1-10-7-6-8-14(11(10)2)18-15(21)9-19(5)16(22)12(3)17-13(4)20/h6-8,12H,9H2,1-5H3,(H,17,20)(H,18,21). The minimum atomic E-state index is -0.656. The summed E-state index contributed by atoms with van der Waals surface area (Å²) in [5.41, 5.74) is 2.82. The average Bonchev–Trinajstić information content (AvgIpc) is 2.42. The van der Waals surface area contributed by atoms with Crippen molar-refractivity contribution in [1.82, 2.24) is 10.2 Å². The Morgan fingerprint density at radius 1 is 1.23 bits per heavy atom. The van der Waals surface area contributed by atoms with Gasteiger partial charge in [-0.3, -0.25) is 14.4 Å². The summed E-state index contributed by atoms with van der Waals surface area (Å²) in [5.74, 6) is -0.875. The molecule has 1 unspecified atom stereocenters. The van der Waals surface area contributed by atoms with Crippen molar-refractivity contribution in [2.24, 2.45) is 0 Å². The lowest BCUT2D eigenvalue weighted by Gasteiger charge is -2.21. The van der Waals surface area contributed by atoms with Gasteiger partial charge in [0.05, 0.1) is 6.54 Å². The Morgan fingerprint density at radius 2 is 1.86 bits per heavy atom. The highest BCUT2D eigenvalue weighted by molar-refractivity contribution is 5.96. The van der Waals surface area contributed by atoms with Gasteiger partial charge in [-0.25, -0.2) is 0 Å². The van der Waals surface area contributed by atoms with E-state index in [0.29, 0.717) is 0 Å². The molecule has 120 valence electrons. The van der Waals surface area contributed by atoms with Crippen LogP contribution < -0.4 is 10.6 Å². The molecule has 6 nitrogen and oxygen atoms in total. The monoisotopic (exact) mass is 305 g/mol. The van der Waals surface area contributed by atoms with Gasteiger partial charge in [0.25, 0.3) is 0 Å². The quantitative estimate of drug-likeness (QED) is 0.858. The molecule has 1 aromatic carbocycles. The van der Waals surface area contributed by atoms with Gasteiger partial charge in [0.2, 0.25) is 17.7 Å². The second-order valence-corrected chi connectivity index (χ2v) is 5.41. The molecule has 0 saturated carbocycles. The third-order valence-corrected chi connectivity index (χ3v) is 3.43. The molecule has 0 radical (unpaired) electrons. The maximum atomic E-state index is 12.0. The van der Waals surface area contributed by atoms with Gasteiger partial charge in [-0.05, 0) is 38.0 Å². The predicted molar refractivity (Wildman–Crippen MR) is 85.5 cm³/mol. The molecule has 1 aromatic rings. The van der Waals surface area contributed by atoms with Gasteiger partial charge in [0.1, 0.15) is 6.04 Å². The van der Waals surface area contributed by atoms with Crippen molar-refractivity contribution in [3.63, 3.8) is 0 Å². The van der Waals surface area contributed by atoms with E-state index in [9.17, 15) is 14.4 Å². The highest BCUT2D eigenvalue weighted by Gasteiger charge is 2.20. The lowest BCUT2D eigenvalue weighted by atomic mass is 10.1. The summed E-state index contributed by atoms with van der Waals surface area (Å²) in [6, 6.07) is 5.00. The molecule has 0 heterocycles. The lowest BCUT2D eigenvalue weighted by Crippen LogP contribution is -2.46. The molecule has 0 spiro atoms. The summed E-state index contributed by atoms with van der Waals surface area (Å²) < 4.78 is 0. The van der Waals surface area contributed by atoms with E-state index in [1.165, 1.54) is 18.9 Å². The number of hydrogen-bond acceptors (Lipinski definition) is 3. The van der Waals surface area contributed by atoms with Gasteiger partial charge < -0.3 is 15.5 Å². The first kappa shape index (κ1) is 17.7. The third-order valence-electron chi connectivity index (χ3n) is 3.43. The molecule has 0 aliphatic rings. The molecule has 1 atom stereocenters. The fourth-order valence-corrected chi connectivity index (χ4v) is 2.07. The van der Waals surface area contributed by atoms with Crippen molar-refractivity contribution in [2.45, 2.75) is 33.7 Å². The summed E-state index contributed by atoms with van der Waals surface area (Å²) in [7, 11) is 1.53. The van der Waals surface area contributed by atoms with Gasteiger partial charge in [-0.1, -0.05) is 12.1 Å². The van der Waals surface area contributed by atoms with Crippen LogP contribution >= 0.6 is 0 Å². The largest absolute Gasteiger partial charge is 0.345 e. The van der Waals surface area contributed by atoms with Crippen LogP contribution in [-0.2, 0) is 14.4 Å². The number of hydrogen-bond donors (Lipinski definition) is 2. The Labute approximate surface area is 130 Å². The van der Waals surface area contributed by atoms with Crippen LogP contribution in [-0.4, -0.2) is 42.3 Å². The van der Waals surface area contributed by atoms with Crippen molar-refractivity contribution >= 4 is 23.4 Å². The minimum Gasteiger partial charge on any atom is -0.345 e. The smallest absolute Gasteiger partial charge is 0.245 e. The molecule has 0 aliphatic carbocycles. The highest BCUT2D eigenvalue weighted by atomic mass is 16.2. The van der Waals surface area contributed by atoms with Gasteiger partial charge >= 0.3 is 0 Å². The molecule has 0 saturated heterocycles. The molecular formula is C16H23N3O3. The fourth-order valence-electron chi connectivity index (χ4n) is 2.07. The lowest BCUT2D eigenvalue weighted by molar-refractivity contribution is -0.136. The number of benzene rings is 1. The number of amides is 3. The zero-order chi connectivity index (χ0) is 16.9. The van der Waals surface area contributed by atoms with Crippen LogP contribution in [0, 0.1) is 13.8 Å². The van der Waals surface area contributed by atoms with Gasteiger partial charge in [-0.2, -0.15) is 0 Å². The number of anilines is 1. The number of nitrogens with zero attached hydrogens (tertiary/aromatic N) is 1. The van der Waals surface area contributed by atoms with E-state index in [1.54, 1.807) is 6.92 Å². The molecule has 6 heteroatoms. The van der Waals surface area contributed by atoms with Gasteiger partial charge in [0.15, 0.2) is 0 Å². The topological polar surface area (TPSA) is 78.5 Å². The van der Waals surface area contributed by atoms with Gasteiger partial charge in [0, 0.05) is 19.7 Å². The number of aryl methyl sites for hydroxylation is 1. The van der Waals surface area contributed by atoms with Crippen molar-refractivity contribution < 1.29 is 14.4 Å². The van der Waals surface area contributed by atoms with E-state index in [0.717, 1.165) is 16.8 Å². The molecule has 0 fully saturated rings. The SMILES string of the molecule is CC(=O)NC(C)C(=O)N(C)CC(=O)Nc1cccc(C)c1C. The van der Waals surface area contributed by atoms with Crippen molar-refractivity contribution in [3.8, 4) is 0 Å². The second kappa shape index (κ2) is 7.59. The molecule has 22 heavy (non-hydrogen) atoms. The van der Waals surface area contributed by atoms with E-state index < -0.39 is 6.04 Å². The summed E-state index contributed by atoms with van der Waals surface area (Å²) >= 11 is 0. The molecule has 2 N–H and O–H groups in total. The Kier molecular flexibility index (Phi) is 6.10. The van der Waals surface area contributed by atoms with E-state index >= 15 is 0 Å². The van der Waals surface area contributed by atoms with Crippen LogP contribution in [0.4, 0.5) is 5.69 Å². The Hall–Kier alpha value is -2.37. The molecule has 0 aliphatic heterocycles. The number of rotatable bonds is 5. The summed E-state index contributed by atoms with van der Waals surface area (Å²) in [6.07, 6.45) is 0. The van der Waals surface area contributed by atoms with Crippen LogP contribution in [0.15, 0.2) is 18.2 Å². The summed E-state index contributed by atoms with van der Waals surface area (Å²) in [6.45, 7) is 6.75. The second-order valence-electron chi connectivity index (χ2n) is 5.41. The average molecular weight is 305 g/mol. The van der Waals surface area contributed by atoms with Crippen LogP contribution in [0.1, 0.15) is 25.0 Å². The number of nitrogens with one attached hydrogen (secondary N) is 2. The minimum absolute atomic E-state index is 0.0733. The zero-order valence-electron chi connectivity index (χ0n) is 13.7. The van der Waals surface area contributed by atoms with Gasteiger partial charge in [-0.15, -0.1) is 0 Å². The molecule has 3 amide bonds. The first-order valence-corrected chi connectivity index (χ1v) is 7.10. The summed E-state index contributed by atoms with van der Waals surface area (Å²) in [5, 5.41) is 5.30. The van der Waals surface area contributed by atoms with E-state index in [-0.39, 0.29) is 24.3 Å².